The van der Waals surface area contributed by atoms with Crippen molar-refractivity contribution < 1.29 is 18.8 Å². The van der Waals surface area contributed by atoms with Crippen molar-refractivity contribution in [3.8, 4) is 11.4 Å². The van der Waals surface area contributed by atoms with Crippen molar-refractivity contribution in [1.29, 1.82) is 0 Å². The number of aryl methyl sites for hydroxylation is 1. The molecule has 1 saturated heterocycles. The Balaban J connectivity index is 1.42. The number of rotatable bonds is 7. The summed E-state index contributed by atoms with van der Waals surface area (Å²) < 4.78 is 10.6. The van der Waals surface area contributed by atoms with Crippen LogP contribution in [-0.2, 0) is 16.0 Å². The van der Waals surface area contributed by atoms with Crippen LogP contribution in [0.15, 0.2) is 28.8 Å². The maximum Gasteiger partial charge on any atom is 0.409 e. The lowest BCUT2D eigenvalue weighted by molar-refractivity contribution is -0.131. The van der Waals surface area contributed by atoms with Crippen molar-refractivity contribution >= 4 is 23.6 Å². The number of halogens is 1. The van der Waals surface area contributed by atoms with Crippen molar-refractivity contribution in [3.05, 3.63) is 35.2 Å². The largest absolute Gasteiger partial charge is 0.449 e. The Kier molecular flexibility index (Phi) is 8.28. The van der Waals surface area contributed by atoms with Crippen LogP contribution < -0.4 is 0 Å². The number of aromatic nitrogens is 2. The lowest BCUT2D eigenvalue weighted by Gasteiger charge is -2.22. The van der Waals surface area contributed by atoms with Gasteiger partial charge in [-0.2, -0.15) is 4.98 Å². The Morgan fingerprint density at radius 2 is 1.84 bits per heavy atom. The maximum absolute atomic E-state index is 12.6. The number of nitrogens with zero attached hydrogens (tertiary/aromatic N) is 4. The van der Waals surface area contributed by atoms with E-state index in [1.165, 1.54) is 0 Å². The molecule has 3 rings (SSSR count). The number of carbonyl (C=O) groups excluding carboxylic acids is 2. The molecule has 2 aromatic rings. The molecule has 0 radical (unpaired) electrons. The average Bonchev–Trinajstić information content (AvgIpc) is 3.07. The number of ether oxygens (including phenoxy) is 1. The van der Waals surface area contributed by atoms with Gasteiger partial charge in [0.2, 0.25) is 17.6 Å². The zero-order chi connectivity index (χ0) is 22.2. The fraction of sp³-hybridized carbons (Fsp3) is 0.545. The first-order valence-corrected chi connectivity index (χ1v) is 11.1. The van der Waals surface area contributed by atoms with E-state index in [9.17, 15) is 9.59 Å². The predicted octanol–water partition coefficient (Wildman–Crippen LogP) is 4.04. The van der Waals surface area contributed by atoms with Crippen LogP contribution in [0, 0.1) is 5.92 Å². The predicted molar refractivity (Wildman–Crippen MR) is 117 cm³/mol. The fourth-order valence-electron chi connectivity index (χ4n) is 3.30. The molecule has 0 N–H and O–H groups in total. The quantitative estimate of drug-likeness (QED) is 0.635. The SMILES string of the molecule is CC(C)COC(=O)N1CCCN(C(=O)CCCc2nc(-c3ccc(Cl)cc3)no2)CC1. The molecule has 1 aliphatic heterocycles. The monoisotopic (exact) mass is 448 g/mol. The van der Waals surface area contributed by atoms with Gasteiger partial charge < -0.3 is 19.1 Å². The molecular weight excluding hydrogens is 420 g/mol. The third-order valence-corrected chi connectivity index (χ3v) is 5.25. The zero-order valence-corrected chi connectivity index (χ0v) is 18.8. The minimum atomic E-state index is -0.295. The first-order chi connectivity index (χ1) is 14.9. The Morgan fingerprint density at radius 1 is 1.13 bits per heavy atom. The molecule has 31 heavy (non-hydrogen) atoms. The molecule has 0 atom stereocenters. The van der Waals surface area contributed by atoms with Crippen molar-refractivity contribution in [2.45, 2.75) is 39.5 Å². The van der Waals surface area contributed by atoms with Crippen LogP contribution in [0.4, 0.5) is 4.79 Å². The van der Waals surface area contributed by atoms with Gasteiger partial charge in [0.25, 0.3) is 0 Å². The summed E-state index contributed by atoms with van der Waals surface area (Å²) in [6.07, 6.45) is 2.01. The summed E-state index contributed by atoms with van der Waals surface area (Å²) in [5, 5.41) is 4.64. The van der Waals surface area contributed by atoms with Crippen LogP contribution in [0.5, 0.6) is 0 Å². The highest BCUT2D eigenvalue weighted by atomic mass is 35.5. The van der Waals surface area contributed by atoms with Crippen LogP contribution in [0.25, 0.3) is 11.4 Å². The molecular formula is C22H29ClN4O4. The Hall–Kier alpha value is -2.61. The molecule has 8 nitrogen and oxygen atoms in total. The molecule has 168 valence electrons. The number of amides is 2. The second kappa shape index (κ2) is 11.1. The Bertz CT molecular complexity index is 869. The summed E-state index contributed by atoms with van der Waals surface area (Å²) in [5.41, 5.74) is 0.830. The normalized spacial score (nSPS) is 14.6. The van der Waals surface area contributed by atoms with Crippen molar-refractivity contribution in [1.82, 2.24) is 19.9 Å². The van der Waals surface area contributed by atoms with E-state index < -0.39 is 0 Å². The molecule has 0 saturated carbocycles. The summed E-state index contributed by atoms with van der Waals surface area (Å²) in [4.78, 5) is 32.7. The molecule has 0 spiro atoms. The lowest BCUT2D eigenvalue weighted by atomic mass is 10.2. The third kappa shape index (κ3) is 6.95. The molecule has 1 fully saturated rings. The molecule has 0 unspecified atom stereocenters. The highest BCUT2D eigenvalue weighted by Gasteiger charge is 2.23. The van der Waals surface area contributed by atoms with Crippen LogP contribution in [0.1, 0.15) is 39.0 Å². The van der Waals surface area contributed by atoms with Gasteiger partial charge in [-0.25, -0.2) is 4.79 Å². The van der Waals surface area contributed by atoms with Crippen LogP contribution in [0.3, 0.4) is 0 Å². The second-order valence-corrected chi connectivity index (χ2v) is 8.50. The summed E-state index contributed by atoms with van der Waals surface area (Å²) in [6, 6.07) is 7.22. The van der Waals surface area contributed by atoms with Gasteiger partial charge in [0.15, 0.2) is 0 Å². The van der Waals surface area contributed by atoms with Gasteiger partial charge >= 0.3 is 6.09 Å². The van der Waals surface area contributed by atoms with Crippen molar-refractivity contribution in [3.63, 3.8) is 0 Å². The first-order valence-electron chi connectivity index (χ1n) is 10.7. The molecule has 1 aromatic carbocycles. The van der Waals surface area contributed by atoms with E-state index in [0.29, 0.717) is 74.7 Å². The van der Waals surface area contributed by atoms with Crippen LogP contribution in [-0.4, -0.2) is 64.7 Å². The molecule has 1 aromatic heterocycles. The van der Waals surface area contributed by atoms with Crippen LogP contribution >= 0.6 is 11.6 Å². The Labute approximate surface area is 187 Å². The molecule has 2 heterocycles. The van der Waals surface area contributed by atoms with Gasteiger partial charge in [0.05, 0.1) is 6.61 Å². The van der Waals surface area contributed by atoms with E-state index in [-0.39, 0.29) is 12.0 Å². The molecule has 0 bridgehead atoms. The van der Waals surface area contributed by atoms with E-state index in [1.807, 2.05) is 30.9 Å². The van der Waals surface area contributed by atoms with E-state index in [1.54, 1.807) is 17.0 Å². The van der Waals surface area contributed by atoms with E-state index in [4.69, 9.17) is 20.9 Å². The smallest absolute Gasteiger partial charge is 0.409 e. The first kappa shape index (κ1) is 23.1. The van der Waals surface area contributed by atoms with E-state index in [0.717, 1.165) is 12.0 Å². The fourth-order valence-corrected chi connectivity index (χ4v) is 3.43. The molecule has 0 aliphatic carbocycles. The maximum atomic E-state index is 12.6. The van der Waals surface area contributed by atoms with E-state index in [2.05, 4.69) is 10.1 Å². The number of hydrogen-bond donors (Lipinski definition) is 0. The molecule has 9 heteroatoms. The van der Waals surface area contributed by atoms with Crippen LogP contribution in [0.2, 0.25) is 5.02 Å². The third-order valence-electron chi connectivity index (χ3n) is 5.00. The van der Waals surface area contributed by atoms with Gasteiger partial charge in [0, 0.05) is 49.6 Å². The summed E-state index contributed by atoms with van der Waals surface area (Å²) in [7, 11) is 0. The standard InChI is InChI=1S/C22H29ClN4O4/c1-16(2)15-30-22(29)27-12-4-11-26(13-14-27)20(28)6-3-5-19-24-21(25-31-19)17-7-9-18(23)10-8-17/h7-10,16H,3-6,11-15H2,1-2H3. The van der Waals surface area contributed by atoms with Gasteiger partial charge in [-0.1, -0.05) is 30.6 Å². The minimum absolute atomic E-state index is 0.0786. The zero-order valence-electron chi connectivity index (χ0n) is 18.1. The average molecular weight is 449 g/mol. The highest BCUT2D eigenvalue weighted by molar-refractivity contribution is 6.30. The van der Waals surface area contributed by atoms with Gasteiger partial charge in [0.1, 0.15) is 0 Å². The summed E-state index contributed by atoms with van der Waals surface area (Å²) >= 11 is 5.90. The molecule has 1 aliphatic rings. The number of benzene rings is 1. The minimum Gasteiger partial charge on any atom is -0.449 e. The second-order valence-electron chi connectivity index (χ2n) is 8.06. The lowest BCUT2D eigenvalue weighted by Crippen LogP contribution is -2.37. The van der Waals surface area contributed by atoms with Crippen molar-refractivity contribution in [2.75, 3.05) is 32.8 Å². The van der Waals surface area contributed by atoms with E-state index >= 15 is 0 Å². The summed E-state index contributed by atoms with van der Waals surface area (Å²) in [5.74, 6) is 1.40. The van der Waals surface area contributed by atoms with Gasteiger partial charge in [-0.15, -0.1) is 0 Å². The topological polar surface area (TPSA) is 88.8 Å². The van der Waals surface area contributed by atoms with Gasteiger partial charge in [-0.05, 0) is 43.0 Å². The van der Waals surface area contributed by atoms with Gasteiger partial charge in [-0.3, -0.25) is 4.79 Å². The molecule has 2 amide bonds. The highest BCUT2D eigenvalue weighted by Crippen LogP contribution is 2.19. The van der Waals surface area contributed by atoms with Crippen molar-refractivity contribution in [2.24, 2.45) is 5.92 Å². The summed E-state index contributed by atoms with van der Waals surface area (Å²) in [6.45, 7) is 6.69. The Morgan fingerprint density at radius 3 is 2.58 bits per heavy atom. The number of hydrogen-bond acceptors (Lipinski definition) is 6. The number of carbonyl (C=O) groups is 2.